The fourth-order valence-electron chi connectivity index (χ4n) is 2.65. The third-order valence-electron chi connectivity index (χ3n) is 4.22. The van der Waals surface area contributed by atoms with Crippen LogP contribution in [0.1, 0.15) is 49.0 Å². The fourth-order valence-corrected chi connectivity index (χ4v) is 3.78. The Hall–Kier alpha value is -1.98. The average Bonchev–Trinajstić information content (AvgIpc) is 2.65. The van der Waals surface area contributed by atoms with Gasteiger partial charge in [0.15, 0.2) is 17.3 Å². The second kappa shape index (κ2) is 9.10. The highest BCUT2D eigenvalue weighted by molar-refractivity contribution is 7.99. The van der Waals surface area contributed by atoms with Crippen LogP contribution in [0.15, 0.2) is 47.4 Å². The summed E-state index contributed by atoms with van der Waals surface area (Å²) < 4.78 is 5.19. The summed E-state index contributed by atoms with van der Waals surface area (Å²) in [6.45, 7) is 4.17. The number of rotatable bonds is 9. The molecule has 0 aromatic heterocycles. The van der Waals surface area contributed by atoms with E-state index in [1.54, 1.807) is 24.3 Å². The van der Waals surface area contributed by atoms with Gasteiger partial charge in [-0.05, 0) is 25.5 Å². The van der Waals surface area contributed by atoms with Crippen LogP contribution in [0.4, 0.5) is 0 Å². The molecule has 0 saturated carbocycles. The Kier molecular flexibility index (Phi) is 7.12. The van der Waals surface area contributed by atoms with Gasteiger partial charge in [0, 0.05) is 27.3 Å². The van der Waals surface area contributed by atoms with Crippen molar-refractivity contribution in [1.29, 1.82) is 0 Å². The normalized spacial score (nSPS) is 13.2. The zero-order chi connectivity index (χ0) is 19.2. The lowest BCUT2D eigenvalue weighted by Crippen LogP contribution is -2.38. The van der Waals surface area contributed by atoms with Gasteiger partial charge in [0.05, 0.1) is 7.11 Å². The first-order chi connectivity index (χ1) is 12.4. The first-order valence-electron chi connectivity index (χ1n) is 8.80. The van der Waals surface area contributed by atoms with Gasteiger partial charge in [-0.2, -0.15) is 0 Å². The van der Waals surface area contributed by atoms with Crippen molar-refractivity contribution in [3.8, 4) is 11.5 Å². The third-order valence-corrected chi connectivity index (χ3v) is 5.67. The Bertz CT molecular complexity index is 744. The Morgan fingerprint density at radius 1 is 1.27 bits per heavy atom. The van der Waals surface area contributed by atoms with Gasteiger partial charge in [-0.3, -0.25) is 4.79 Å². The SMILES string of the molecule is CCCCC(C)(N)CSc1cc(O)c(OC)cc1C(=O)c1ccccc1. The zero-order valence-corrected chi connectivity index (χ0v) is 16.4. The molecule has 0 radical (unpaired) electrons. The highest BCUT2D eigenvalue weighted by Crippen LogP contribution is 2.37. The number of methoxy groups -OCH3 is 1. The molecular formula is C21H27NO3S. The van der Waals surface area contributed by atoms with Crippen molar-refractivity contribution >= 4 is 17.5 Å². The minimum Gasteiger partial charge on any atom is -0.504 e. The lowest BCUT2D eigenvalue weighted by molar-refractivity contribution is 0.103. The van der Waals surface area contributed by atoms with E-state index in [1.165, 1.54) is 18.9 Å². The van der Waals surface area contributed by atoms with Gasteiger partial charge in [0.1, 0.15) is 0 Å². The van der Waals surface area contributed by atoms with E-state index in [2.05, 4.69) is 6.92 Å². The molecule has 0 saturated heterocycles. The minimum absolute atomic E-state index is 0.0203. The summed E-state index contributed by atoms with van der Waals surface area (Å²) in [4.78, 5) is 13.7. The van der Waals surface area contributed by atoms with Crippen LogP contribution in [0.5, 0.6) is 11.5 Å². The lowest BCUT2D eigenvalue weighted by atomic mass is 9.99. The van der Waals surface area contributed by atoms with Crippen molar-refractivity contribution in [2.75, 3.05) is 12.9 Å². The molecule has 1 atom stereocenters. The predicted molar refractivity (Wildman–Crippen MR) is 107 cm³/mol. The standard InChI is InChI=1S/C21H27NO3S/c1-4-5-11-21(2,22)14-26-19-13-17(23)18(25-3)12-16(19)20(24)15-9-7-6-8-10-15/h6-10,12-13,23H,4-5,11,14,22H2,1-3H3. The number of unbranched alkanes of at least 4 members (excludes halogenated alkanes) is 1. The van der Waals surface area contributed by atoms with Crippen LogP contribution in [-0.4, -0.2) is 29.3 Å². The molecule has 2 aromatic rings. The monoisotopic (exact) mass is 373 g/mol. The number of ether oxygens (including phenoxy) is 1. The lowest BCUT2D eigenvalue weighted by Gasteiger charge is -2.24. The first kappa shape index (κ1) is 20.3. The van der Waals surface area contributed by atoms with E-state index in [9.17, 15) is 9.90 Å². The van der Waals surface area contributed by atoms with Crippen LogP contribution in [0.3, 0.4) is 0 Å². The van der Waals surface area contributed by atoms with Gasteiger partial charge < -0.3 is 15.6 Å². The molecule has 0 aliphatic heterocycles. The van der Waals surface area contributed by atoms with E-state index >= 15 is 0 Å². The molecule has 1 unspecified atom stereocenters. The van der Waals surface area contributed by atoms with Crippen molar-refractivity contribution < 1.29 is 14.6 Å². The molecule has 0 bridgehead atoms. The summed E-state index contributed by atoms with van der Waals surface area (Å²) in [7, 11) is 1.47. The molecule has 0 fully saturated rings. The number of nitrogens with two attached hydrogens (primary N) is 1. The average molecular weight is 374 g/mol. The van der Waals surface area contributed by atoms with E-state index in [4.69, 9.17) is 10.5 Å². The van der Waals surface area contributed by atoms with Crippen LogP contribution in [0, 0.1) is 0 Å². The second-order valence-corrected chi connectivity index (χ2v) is 7.78. The second-order valence-electron chi connectivity index (χ2n) is 6.76. The van der Waals surface area contributed by atoms with Crippen molar-refractivity contribution in [3.63, 3.8) is 0 Å². The van der Waals surface area contributed by atoms with Crippen molar-refractivity contribution in [2.45, 2.75) is 43.5 Å². The minimum atomic E-state index is -0.330. The molecule has 2 aromatic carbocycles. The number of hydrogen-bond acceptors (Lipinski definition) is 5. The van der Waals surface area contributed by atoms with E-state index < -0.39 is 0 Å². The van der Waals surface area contributed by atoms with Crippen LogP contribution >= 0.6 is 11.8 Å². The Morgan fingerprint density at radius 3 is 2.58 bits per heavy atom. The van der Waals surface area contributed by atoms with Crippen LogP contribution in [0.25, 0.3) is 0 Å². The Labute approximate surface area is 159 Å². The number of hydrogen-bond donors (Lipinski definition) is 2. The van der Waals surface area contributed by atoms with Crippen molar-refractivity contribution in [3.05, 3.63) is 53.6 Å². The number of benzene rings is 2. The Morgan fingerprint density at radius 2 is 1.96 bits per heavy atom. The fraction of sp³-hybridized carbons (Fsp3) is 0.381. The quantitative estimate of drug-likeness (QED) is 0.495. The zero-order valence-electron chi connectivity index (χ0n) is 15.6. The molecule has 0 aliphatic rings. The molecule has 5 heteroatoms. The van der Waals surface area contributed by atoms with Gasteiger partial charge in [0.2, 0.25) is 0 Å². The summed E-state index contributed by atoms with van der Waals surface area (Å²) in [5.41, 5.74) is 7.18. The third kappa shape index (κ3) is 5.26. The van der Waals surface area contributed by atoms with Gasteiger partial charge in [-0.15, -0.1) is 11.8 Å². The number of aromatic hydroxyl groups is 1. The maximum atomic E-state index is 13.0. The molecule has 0 spiro atoms. The van der Waals surface area contributed by atoms with Crippen LogP contribution < -0.4 is 10.5 Å². The van der Waals surface area contributed by atoms with Crippen LogP contribution in [-0.2, 0) is 0 Å². The number of thioether (sulfide) groups is 1. The number of carbonyl (C=O) groups is 1. The number of phenols is 1. The van der Waals surface area contributed by atoms with E-state index in [1.807, 2.05) is 25.1 Å². The van der Waals surface area contributed by atoms with E-state index in [0.717, 1.165) is 19.3 Å². The highest BCUT2D eigenvalue weighted by atomic mass is 32.2. The summed E-state index contributed by atoms with van der Waals surface area (Å²) in [6.07, 6.45) is 3.08. The topological polar surface area (TPSA) is 72.6 Å². The maximum Gasteiger partial charge on any atom is 0.194 e. The summed E-state index contributed by atoms with van der Waals surface area (Å²) in [5.74, 6) is 0.870. The summed E-state index contributed by atoms with van der Waals surface area (Å²) in [5, 5.41) is 10.2. The maximum absolute atomic E-state index is 13.0. The molecule has 0 amide bonds. The molecule has 0 aliphatic carbocycles. The molecule has 0 heterocycles. The van der Waals surface area contributed by atoms with E-state index in [0.29, 0.717) is 21.8 Å². The van der Waals surface area contributed by atoms with Gasteiger partial charge in [-0.1, -0.05) is 50.1 Å². The molecular weight excluding hydrogens is 346 g/mol. The van der Waals surface area contributed by atoms with Gasteiger partial charge >= 0.3 is 0 Å². The highest BCUT2D eigenvalue weighted by Gasteiger charge is 2.22. The predicted octanol–water partition coefficient (Wildman–Crippen LogP) is 4.63. The Balaban J connectivity index is 2.32. The summed E-state index contributed by atoms with van der Waals surface area (Å²) in [6, 6.07) is 12.3. The number of phenolic OH excluding ortho intramolecular Hbond substituents is 1. The molecule has 4 nitrogen and oxygen atoms in total. The first-order valence-corrected chi connectivity index (χ1v) is 9.79. The van der Waals surface area contributed by atoms with Crippen LogP contribution in [0.2, 0.25) is 0 Å². The summed E-state index contributed by atoms with van der Waals surface area (Å²) >= 11 is 1.50. The number of ketones is 1. The number of carbonyl (C=O) groups excluding carboxylic acids is 1. The van der Waals surface area contributed by atoms with Crippen molar-refractivity contribution in [1.82, 2.24) is 0 Å². The van der Waals surface area contributed by atoms with Gasteiger partial charge in [-0.25, -0.2) is 0 Å². The largest absolute Gasteiger partial charge is 0.504 e. The van der Waals surface area contributed by atoms with Crippen molar-refractivity contribution in [2.24, 2.45) is 5.73 Å². The van der Waals surface area contributed by atoms with E-state index in [-0.39, 0.29) is 22.8 Å². The molecule has 26 heavy (non-hydrogen) atoms. The van der Waals surface area contributed by atoms with Gasteiger partial charge in [0.25, 0.3) is 0 Å². The molecule has 140 valence electrons. The molecule has 3 N–H and O–H groups in total. The smallest absolute Gasteiger partial charge is 0.194 e. The molecule has 2 rings (SSSR count).